The minimum atomic E-state index is 0.379. The highest BCUT2D eigenvalue weighted by atomic mass is 32.2. The number of benzene rings is 2. The standard InChI is InChI=1S/C19H23NS/c1-13-10-14(2)12-16(11-13)15(3)20-18-8-9-21-19-7-5-4-6-17(18)19/h4-7,10-12,15,18,20H,8-9H2,1-3H3. The Morgan fingerprint density at radius 2 is 1.81 bits per heavy atom. The van der Waals surface area contributed by atoms with Crippen molar-refractivity contribution in [2.45, 2.75) is 44.2 Å². The average Bonchev–Trinajstić information content (AvgIpc) is 2.46. The van der Waals surface area contributed by atoms with E-state index < -0.39 is 0 Å². The number of fused-ring (bicyclic) bond motifs is 1. The van der Waals surface area contributed by atoms with Crippen molar-refractivity contribution < 1.29 is 0 Å². The second-order valence-corrected chi connectivity index (χ2v) is 7.17. The molecule has 2 atom stereocenters. The van der Waals surface area contributed by atoms with Crippen LogP contribution in [0.25, 0.3) is 0 Å². The summed E-state index contributed by atoms with van der Waals surface area (Å²) in [7, 11) is 0. The first-order valence-electron chi connectivity index (χ1n) is 7.69. The number of thioether (sulfide) groups is 1. The largest absolute Gasteiger partial charge is 0.303 e. The van der Waals surface area contributed by atoms with Crippen molar-refractivity contribution in [2.24, 2.45) is 0 Å². The van der Waals surface area contributed by atoms with Gasteiger partial charge in [0.15, 0.2) is 0 Å². The van der Waals surface area contributed by atoms with Crippen molar-refractivity contribution in [2.75, 3.05) is 5.75 Å². The fourth-order valence-electron chi connectivity index (χ4n) is 3.17. The SMILES string of the molecule is Cc1cc(C)cc(C(C)NC2CCSc3ccccc32)c1. The Balaban J connectivity index is 1.81. The molecule has 2 aromatic carbocycles. The molecule has 1 nitrogen and oxygen atoms in total. The van der Waals surface area contributed by atoms with E-state index in [4.69, 9.17) is 0 Å². The van der Waals surface area contributed by atoms with E-state index >= 15 is 0 Å². The maximum atomic E-state index is 3.83. The molecule has 0 amide bonds. The molecule has 1 aliphatic heterocycles. The molecule has 0 aliphatic carbocycles. The lowest BCUT2D eigenvalue weighted by molar-refractivity contribution is 0.450. The summed E-state index contributed by atoms with van der Waals surface area (Å²) in [6.07, 6.45) is 1.21. The average molecular weight is 297 g/mol. The summed E-state index contributed by atoms with van der Waals surface area (Å²) in [5, 5.41) is 3.83. The van der Waals surface area contributed by atoms with E-state index in [0.29, 0.717) is 12.1 Å². The highest BCUT2D eigenvalue weighted by Gasteiger charge is 2.22. The van der Waals surface area contributed by atoms with E-state index in [0.717, 1.165) is 0 Å². The van der Waals surface area contributed by atoms with Crippen LogP contribution in [0.3, 0.4) is 0 Å². The van der Waals surface area contributed by atoms with E-state index in [1.807, 2.05) is 11.8 Å². The Bertz CT molecular complexity index is 615. The van der Waals surface area contributed by atoms with Gasteiger partial charge in [0.2, 0.25) is 0 Å². The van der Waals surface area contributed by atoms with Crippen LogP contribution in [-0.4, -0.2) is 5.75 Å². The predicted molar refractivity (Wildman–Crippen MR) is 92.0 cm³/mol. The summed E-state index contributed by atoms with van der Waals surface area (Å²) >= 11 is 1.98. The van der Waals surface area contributed by atoms with Crippen LogP contribution in [0.15, 0.2) is 47.4 Å². The van der Waals surface area contributed by atoms with Gasteiger partial charge in [0.1, 0.15) is 0 Å². The van der Waals surface area contributed by atoms with Crippen molar-refractivity contribution in [3.8, 4) is 0 Å². The van der Waals surface area contributed by atoms with Gasteiger partial charge in [0.05, 0.1) is 0 Å². The van der Waals surface area contributed by atoms with Gasteiger partial charge in [-0.3, -0.25) is 0 Å². The maximum absolute atomic E-state index is 3.83. The van der Waals surface area contributed by atoms with Crippen LogP contribution >= 0.6 is 11.8 Å². The summed E-state index contributed by atoms with van der Waals surface area (Å²) in [5.74, 6) is 1.20. The molecule has 0 radical (unpaired) electrons. The van der Waals surface area contributed by atoms with Crippen molar-refractivity contribution in [3.63, 3.8) is 0 Å². The summed E-state index contributed by atoms with van der Waals surface area (Å²) in [6.45, 7) is 6.63. The third-order valence-corrected chi connectivity index (χ3v) is 5.28. The van der Waals surface area contributed by atoms with E-state index in [9.17, 15) is 0 Å². The third kappa shape index (κ3) is 3.33. The number of nitrogens with one attached hydrogen (secondary N) is 1. The first-order valence-corrected chi connectivity index (χ1v) is 8.68. The molecule has 1 N–H and O–H groups in total. The topological polar surface area (TPSA) is 12.0 Å². The fourth-order valence-corrected chi connectivity index (χ4v) is 4.30. The second kappa shape index (κ2) is 6.25. The molecule has 3 rings (SSSR count). The fraction of sp³-hybridized carbons (Fsp3) is 0.368. The Morgan fingerprint density at radius 3 is 2.57 bits per heavy atom. The Labute approximate surface area is 132 Å². The van der Waals surface area contributed by atoms with Crippen LogP contribution in [0.1, 0.15) is 47.7 Å². The van der Waals surface area contributed by atoms with E-state index in [-0.39, 0.29) is 0 Å². The minimum absolute atomic E-state index is 0.379. The summed E-state index contributed by atoms with van der Waals surface area (Å²) in [4.78, 5) is 1.44. The summed E-state index contributed by atoms with van der Waals surface area (Å²) < 4.78 is 0. The first kappa shape index (κ1) is 14.7. The summed E-state index contributed by atoms with van der Waals surface area (Å²) in [5.41, 5.74) is 5.55. The van der Waals surface area contributed by atoms with Gasteiger partial charge >= 0.3 is 0 Å². The lowest BCUT2D eigenvalue weighted by Gasteiger charge is -2.29. The smallest absolute Gasteiger partial charge is 0.0344 e. The molecule has 0 saturated carbocycles. The molecule has 0 saturated heterocycles. The normalized spacial score (nSPS) is 19.1. The van der Waals surface area contributed by atoms with E-state index in [1.54, 1.807) is 0 Å². The lowest BCUT2D eigenvalue weighted by Crippen LogP contribution is -2.27. The molecule has 2 aromatic rings. The van der Waals surface area contributed by atoms with Crippen molar-refractivity contribution >= 4 is 11.8 Å². The monoisotopic (exact) mass is 297 g/mol. The van der Waals surface area contributed by atoms with E-state index in [1.165, 1.54) is 39.3 Å². The Hall–Kier alpha value is -1.25. The van der Waals surface area contributed by atoms with Crippen LogP contribution in [0.5, 0.6) is 0 Å². The molecule has 0 aromatic heterocycles. The van der Waals surface area contributed by atoms with Gasteiger partial charge in [-0.05, 0) is 50.1 Å². The van der Waals surface area contributed by atoms with Crippen molar-refractivity contribution in [1.82, 2.24) is 5.32 Å². The van der Waals surface area contributed by atoms with Crippen molar-refractivity contribution in [1.29, 1.82) is 0 Å². The van der Waals surface area contributed by atoms with Crippen LogP contribution < -0.4 is 5.32 Å². The quantitative estimate of drug-likeness (QED) is 0.836. The number of hydrogen-bond acceptors (Lipinski definition) is 2. The number of rotatable bonds is 3. The summed E-state index contributed by atoms with van der Waals surface area (Å²) in [6, 6.07) is 16.5. The molecule has 2 unspecified atom stereocenters. The van der Waals surface area contributed by atoms with Crippen LogP contribution in [-0.2, 0) is 0 Å². The second-order valence-electron chi connectivity index (χ2n) is 6.04. The van der Waals surface area contributed by atoms with Gasteiger partial charge in [-0.2, -0.15) is 0 Å². The van der Waals surface area contributed by atoms with Gasteiger partial charge in [0.25, 0.3) is 0 Å². The predicted octanol–water partition coefficient (Wildman–Crippen LogP) is 5.19. The van der Waals surface area contributed by atoms with Gasteiger partial charge in [-0.15, -0.1) is 11.8 Å². The van der Waals surface area contributed by atoms with Gasteiger partial charge in [-0.1, -0.05) is 47.5 Å². The van der Waals surface area contributed by atoms with Crippen LogP contribution in [0, 0.1) is 13.8 Å². The highest BCUT2D eigenvalue weighted by Crippen LogP contribution is 2.37. The Morgan fingerprint density at radius 1 is 1.10 bits per heavy atom. The van der Waals surface area contributed by atoms with E-state index in [2.05, 4.69) is 68.6 Å². The van der Waals surface area contributed by atoms with Gasteiger partial charge in [0, 0.05) is 17.0 Å². The zero-order chi connectivity index (χ0) is 14.8. The zero-order valence-corrected chi connectivity index (χ0v) is 13.8. The molecule has 1 aliphatic rings. The molecule has 0 spiro atoms. The van der Waals surface area contributed by atoms with Crippen LogP contribution in [0.4, 0.5) is 0 Å². The number of hydrogen-bond donors (Lipinski definition) is 1. The first-order chi connectivity index (χ1) is 10.1. The molecule has 110 valence electrons. The van der Waals surface area contributed by atoms with Gasteiger partial charge in [-0.25, -0.2) is 0 Å². The minimum Gasteiger partial charge on any atom is -0.303 e. The maximum Gasteiger partial charge on any atom is 0.0344 e. The molecular formula is C19H23NS. The van der Waals surface area contributed by atoms with Gasteiger partial charge < -0.3 is 5.32 Å². The third-order valence-electron chi connectivity index (χ3n) is 4.15. The molecular weight excluding hydrogens is 274 g/mol. The van der Waals surface area contributed by atoms with Crippen LogP contribution in [0.2, 0.25) is 0 Å². The molecule has 1 heterocycles. The molecule has 0 bridgehead atoms. The Kier molecular flexibility index (Phi) is 4.37. The molecule has 2 heteroatoms. The number of aryl methyl sites for hydroxylation is 2. The molecule has 0 fully saturated rings. The molecule has 21 heavy (non-hydrogen) atoms. The highest BCUT2D eigenvalue weighted by molar-refractivity contribution is 7.99. The zero-order valence-electron chi connectivity index (χ0n) is 13.0. The van der Waals surface area contributed by atoms with Crippen molar-refractivity contribution in [3.05, 3.63) is 64.7 Å². The lowest BCUT2D eigenvalue weighted by atomic mass is 9.98.